The molecule has 1 aliphatic heterocycles. The number of aryl methyl sites for hydroxylation is 1. The number of benzene rings is 2. The summed E-state index contributed by atoms with van der Waals surface area (Å²) in [5.41, 5.74) is 13.8. The third kappa shape index (κ3) is 3.35. The Morgan fingerprint density at radius 1 is 1.00 bits per heavy atom. The van der Waals surface area contributed by atoms with Crippen molar-refractivity contribution < 1.29 is 4.74 Å². The number of nitrogens with zero attached hydrogens (tertiary/aromatic N) is 3. The summed E-state index contributed by atoms with van der Waals surface area (Å²) in [4.78, 5) is 11.0. The van der Waals surface area contributed by atoms with Gasteiger partial charge in [-0.2, -0.15) is 4.99 Å². The minimum Gasteiger partial charge on any atom is -0.455 e. The first kappa shape index (κ1) is 17.4. The predicted octanol–water partition coefficient (Wildman–Crippen LogP) is 3.90. The fraction of sp³-hybridized carbons (Fsp3) is 0.333. The van der Waals surface area contributed by atoms with Gasteiger partial charge < -0.3 is 16.2 Å². The number of aliphatic imine (C=N–C) groups is 2. The molecule has 1 aliphatic carbocycles. The van der Waals surface area contributed by atoms with Crippen LogP contribution in [0.3, 0.4) is 0 Å². The molecule has 0 saturated heterocycles. The molecule has 6 nitrogen and oxygen atoms in total. The Bertz CT molecular complexity index is 899. The standard InChI is InChI=1S/C21H25N5O/c1-15-8-7-9-16(14-15)27-18-11-4-3-10-17(18)26-20(23)24-19(22)25-21(26)12-5-2-6-13-21/h3-4,7-11,14H,2,5-6,12-13H2,1H3,(H4,22,23,24,25). The Morgan fingerprint density at radius 3 is 2.56 bits per heavy atom. The number of guanidine groups is 2. The Hall–Kier alpha value is -3.02. The fourth-order valence-electron chi connectivity index (χ4n) is 4.00. The summed E-state index contributed by atoms with van der Waals surface area (Å²) in [5.74, 6) is 2.13. The molecule has 1 spiro atoms. The zero-order valence-electron chi connectivity index (χ0n) is 15.6. The van der Waals surface area contributed by atoms with E-state index in [1.54, 1.807) is 0 Å². The molecule has 0 bridgehead atoms. The van der Waals surface area contributed by atoms with E-state index in [1.807, 2.05) is 60.4 Å². The van der Waals surface area contributed by atoms with E-state index >= 15 is 0 Å². The topological polar surface area (TPSA) is 89.2 Å². The van der Waals surface area contributed by atoms with Crippen molar-refractivity contribution in [2.24, 2.45) is 21.5 Å². The molecule has 0 amide bonds. The molecule has 6 heteroatoms. The number of nitrogens with two attached hydrogens (primary N) is 2. The Balaban J connectivity index is 1.76. The predicted molar refractivity (Wildman–Crippen MR) is 109 cm³/mol. The highest BCUT2D eigenvalue weighted by Gasteiger charge is 2.43. The van der Waals surface area contributed by atoms with Gasteiger partial charge in [-0.25, -0.2) is 4.99 Å². The van der Waals surface area contributed by atoms with Crippen LogP contribution in [0, 0.1) is 6.92 Å². The van der Waals surface area contributed by atoms with Gasteiger partial charge in [-0.15, -0.1) is 0 Å². The van der Waals surface area contributed by atoms with Crippen molar-refractivity contribution in [1.82, 2.24) is 0 Å². The molecular formula is C21H25N5O. The third-order valence-corrected chi connectivity index (χ3v) is 5.17. The molecule has 0 atom stereocenters. The molecule has 2 aliphatic rings. The molecule has 27 heavy (non-hydrogen) atoms. The van der Waals surface area contributed by atoms with Crippen molar-refractivity contribution in [3.8, 4) is 11.5 Å². The van der Waals surface area contributed by atoms with Crippen LogP contribution in [0.15, 0.2) is 58.5 Å². The van der Waals surface area contributed by atoms with Gasteiger partial charge in [-0.05, 0) is 62.4 Å². The maximum absolute atomic E-state index is 6.35. The van der Waals surface area contributed by atoms with Gasteiger partial charge in [0.1, 0.15) is 11.4 Å². The van der Waals surface area contributed by atoms with E-state index < -0.39 is 5.66 Å². The Morgan fingerprint density at radius 2 is 1.78 bits per heavy atom. The molecule has 2 aromatic rings. The lowest BCUT2D eigenvalue weighted by Crippen LogP contribution is -2.58. The van der Waals surface area contributed by atoms with Crippen LogP contribution in [0.1, 0.15) is 37.7 Å². The van der Waals surface area contributed by atoms with Gasteiger partial charge in [0.25, 0.3) is 0 Å². The molecule has 1 saturated carbocycles. The first-order valence-electron chi connectivity index (χ1n) is 9.41. The summed E-state index contributed by atoms with van der Waals surface area (Å²) in [6.07, 6.45) is 5.15. The van der Waals surface area contributed by atoms with Crippen molar-refractivity contribution in [3.63, 3.8) is 0 Å². The molecule has 2 aromatic carbocycles. The SMILES string of the molecule is Cc1cccc(Oc2ccccc2N2C(N)=NC(N)=NC23CCCCC3)c1. The number of anilines is 1. The van der Waals surface area contributed by atoms with Crippen molar-refractivity contribution in [2.75, 3.05) is 4.90 Å². The molecule has 1 heterocycles. The molecule has 0 radical (unpaired) electrons. The van der Waals surface area contributed by atoms with E-state index in [0.29, 0.717) is 5.96 Å². The molecule has 140 valence electrons. The fourth-order valence-corrected chi connectivity index (χ4v) is 4.00. The van der Waals surface area contributed by atoms with Crippen molar-refractivity contribution >= 4 is 17.6 Å². The lowest BCUT2D eigenvalue weighted by molar-refractivity contribution is 0.304. The van der Waals surface area contributed by atoms with E-state index in [-0.39, 0.29) is 5.96 Å². The number of para-hydroxylation sites is 2. The summed E-state index contributed by atoms with van der Waals surface area (Å²) in [6.45, 7) is 2.04. The van der Waals surface area contributed by atoms with Crippen LogP contribution < -0.4 is 21.1 Å². The molecular weight excluding hydrogens is 338 g/mol. The van der Waals surface area contributed by atoms with Gasteiger partial charge in [-0.1, -0.05) is 30.7 Å². The van der Waals surface area contributed by atoms with Gasteiger partial charge in [-0.3, -0.25) is 4.90 Å². The highest BCUT2D eigenvalue weighted by Crippen LogP contribution is 2.43. The molecule has 0 aromatic heterocycles. The first-order chi connectivity index (χ1) is 13.1. The number of rotatable bonds is 3. The molecule has 4 N–H and O–H groups in total. The normalized spacial score (nSPS) is 18.8. The average Bonchev–Trinajstić information content (AvgIpc) is 2.63. The molecule has 1 fully saturated rings. The van der Waals surface area contributed by atoms with Crippen LogP contribution in [-0.4, -0.2) is 17.6 Å². The van der Waals surface area contributed by atoms with E-state index in [4.69, 9.17) is 21.2 Å². The van der Waals surface area contributed by atoms with E-state index in [2.05, 4.69) is 4.99 Å². The van der Waals surface area contributed by atoms with E-state index in [9.17, 15) is 0 Å². The third-order valence-electron chi connectivity index (χ3n) is 5.17. The summed E-state index contributed by atoms with van der Waals surface area (Å²) < 4.78 is 6.22. The maximum Gasteiger partial charge on any atom is 0.220 e. The molecule has 4 rings (SSSR count). The average molecular weight is 363 g/mol. The van der Waals surface area contributed by atoms with Crippen LogP contribution in [-0.2, 0) is 0 Å². The van der Waals surface area contributed by atoms with Crippen LogP contribution in [0.25, 0.3) is 0 Å². The van der Waals surface area contributed by atoms with Crippen LogP contribution >= 0.6 is 0 Å². The van der Waals surface area contributed by atoms with Gasteiger partial charge in [0.2, 0.25) is 11.9 Å². The van der Waals surface area contributed by atoms with Crippen molar-refractivity contribution in [2.45, 2.75) is 44.7 Å². The minimum atomic E-state index is -0.486. The largest absolute Gasteiger partial charge is 0.455 e. The summed E-state index contributed by atoms with van der Waals surface area (Å²) in [6, 6.07) is 15.9. The smallest absolute Gasteiger partial charge is 0.220 e. The van der Waals surface area contributed by atoms with Gasteiger partial charge in [0, 0.05) is 0 Å². The van der Waals surface area contributed by atoms with Gasteiger partial charge in [0.05, 0.1) is 5.69 Å². The van der Waals surface area contributed by atoms with Crippen molar-refractivity contribution in [1.29, 1.82) is 0 Å². The summed E-state index contributed by atoms with van der Waals surface area (Å²) >= 11 is 0. The van der Waals surface area contributed by atoms with Crippen LogP contribution in [0.4, 0.5) is 5.69 Å². The second kappa shape index (κ2) is 6.95. The number of hydrogen-bond donors (Lipinski definition) is 2. The van der Waals surface area contributed by atoms with Crippen molar-refractivity contribution in [3.05, 3.63) is 54.1 Å². The lowest BCUT2D eigenvalue weighted by atomic mass is 9.87. The Labute approximate surface area is 159 Å². The highest BCUT2D eigenvalue weighted by atomic mass is 16.5. The number of hydrogen-bond acceptors (Lipinski definition) is 6. The van der Waals surface area contributed by atoms with Gasteiger partial charge in [0.15, 0.2) is 5.75 Å². The van der Waals surface area contributed by atoms with E-state index in [0.717, 1.165) is 48.4 Å². The monoisotopic (exact) mass is 363 g/mol. The second-order valence-corrected chi connectivity index (χ2v) is 7.20. The number of ether oxygens (including phenoxy) is 1. The lowest BCUT2D eigenvalue weighted by Gasteiger charge is -2.45. The summed E-state index contributed by atoms with van der Waals surface area (Å²) in [5, 5.41) is 0. The minimum absolute atomic E-state index is 0.253. The van der Waals surface area contributed by atoms with Crippen LogP contribution in [0.5, 0.6) is 11.5 Å². The maximum atomic E-state index is 6.35. The summed E-state index contributed by atoms with van der Waals surface area (Å²) in [7, 11) is 0. The zero-order valence-corrected chi connectivity index (χ0v) is 15.6. The highest BCUT2D eigenvalue weighted by molar-refractivity contribution is 6.06. The second-order valence-electron chi connectivity index (χ2n) is 7.20. The van der Waals surface area contributed by atoms with E-state index in [1.165, 1.54) is 6.42 Å². The molecule has 0 unspecified atom stereocenters. The van der Waals surface area contributed by atoms with Gasteiger partial charge >= 0.3 is 0 Å². The first-order valence-corrected chi connectivity index (χ1v) is 9.41. The quantitative estimate of drug-likeness (QED) is 0.865. The zero-order chi connectivity index (χ0) is 18.9. The van der Waals surface area contributed by atoms with Crippen LogP contribution in [0.2, 0.25) is 0 Å². The Kier molecular flexibility index (Phi) is 4.48.